The minimum absolute atomic E-state index is 0.0724. The highest BCUT2D eigenvalue weighted by atomic mass is 32.1. The molecule has 0 spiro atoms. The van der Waals surface area contributed by atoms with Gasteiger partial charge in [0.15, 0.2) is 0 Å². The van der Waals surface area contributed by atoms with E-state index in [1.807, 2.05) is 0 Å². The molecule has 0 saturated carbocycles. The van der Waals surface area contributed by atoms with E-state index in [9.17, 15) is 4.79 Å². The summed E-state index contributed by atoms with van der Waals surface area (Å²) < 4.78 is 10.9. The van der Waals surface area contributed by atoms with Crippen LogP contribution in [0.15, 0.2) is 0 Å². The summed E-state index contributed by atoms with van der Waals surface area (Å²) in [5.74, 6) is 0.652. The summed E-state index contributed by atoms with van der Waals surface area (Å²) in [4.78, 5) is 13.8. The van der Waals surface area contributed by atoms with Crippen LogP contribution in [-0.4, -0.2) is 55.8 Å². The molecule has 1 saturated heterocycles. The number of amides is 1. The molecule has 0 bridgehead atoms. The van der Waals surface area contributed by atoms with Crippen LogP contribution in [0.5, 0.6) is 0 Å². The molecule has 1 aliphatic rings. The first kappa shape index (κ1) is 16.3. The number of carbonyl (C=O) groups excluding carboxylic acids is 1. The number of nitrogens with zero attached hydrogens (tertiary/aromatic N) is 1. The third-order valence-corrected chi connectivity index (χ3v) is 3.48. The van der Waals surface area contributed by atoms with Crippen molar-refractivity contribution in [3.63, 3.8) is 0 Å². The van der Waals surface area contributed by atoms with E-state index in [1.54, 1.807) is 11.9 Å². The molecule has 0 unspecified atom stereocenters. The summed E-state index contributed by atoms with van der Waals surface area (Å²) in [6.07, 6.45) is 3.10. The molecule has 1 rings (SSSR count). The Morgan fingerprint density at radius 1 is 1.42 bits per heavy atom. The Labute approximate surface area is 120 Å². The highest BCUT2D eigenvalue weighted by Crippen LogP contribution is 2.14. The van der Waals surface area contributed by atoms with E-state index in [2.05, 4.69) is 0 Å². The van der Waals surface area contributed by atoms with Gasteiger partial charge in [-0.25, -0.2) is 0 Å². The number of nitrogens with two attached hydrogens (primary N) is 1. The fourth-order valence-corrected chi connectivity index (χ4v) is 2.01. The number of ether oxygens (including phenoxy) is 2. The van der Waals surface area contributed by atoms with Crippen molar-refractivity contribution < 1.29 is 14.3 Å². The first-order chi connectivity index (χ1) is 9.09. The Hall–Kier alpha value is -0.720. The van der Waals surface area contributed by atoms with Crippen molar-refractivity contribution in [3.05, 3.63) is 0 Å². The largest absolute Gasteiger partial charge is 0.393 e. The third-order valence-electron chi connectivity index (χ3n) is 3.27. The lowest BCUT2D eigenvalue weighted by molar-refractivity contribution is -0.131. The zero-order chi connectivity index (χ0) is 14.1. The van der Waals surface area contributed by atoms with Gasteiger partial charge in [0.2, 0.25) is 5.91 Å². The second kappa shape index (κ2) is 9.23. The maximum Gasteiger partial charge on any atom is 0.224 e. The monoisotopic (exact) mass is 288 g/mol. The topological polar surface area (TPSA) is 64.8 Å². The molecule has 1 fully saturated rings. The van der Waals surface area contributed by atoms with Crippen molar-refractivity contribution in [2.24, 2.45) is 11.7 Å². The number of carbonyl (C=O) groups is 1. The number of hydrogen-bond acceptors (Lipinski definition) is 4. The van der Waals surface area contributed by atoms with Crippen LogP contribution in [0.2, 0.25) is 0 Å². The normalized spacial score (nSPS) is 16.3. The van der Waals surface area contributed by atoms with Gasteiger partial charge in [0.05, 0.1) is 18.0 Å². The summed E-state index contributed by atoms with van der Waals surface area (Å²) in [5.41, 5.74) is 5.40. The van der Waals surface area contributed by atoms with Gasteiger partial charge in [0.25, 0.3) is 0 Å². The van der Waals surface area contributed by atoms with Crippen molar-refractivity contribution in [1.82, 2.24) is 4.90 Å². The van der Waals surface area contributed by atoms with Gasteiger partial charge in [-0.3, -0.25) is 4.79 Å². The summed E-state index contributed by atoms with van der Waals surface area (Å²) in [5, 5.41) is 0. The van der Waals surface area contributed by atoms with E-state index in [1.165, 1.54) is 0 Å². The van der Waals surface area contributed by atoms with Crippen molar-refractivity contribution in [2.75, 3.05) is 40.0 Å². The molecule has 0 aromatic carbocycles. The molecule has 110 valence electrons. The Morgan fingerprint density at radius 2 is 2.11 bits per heavy atom. The molecule has 0 radical (unpaired) electrons. The average molecular weight is 288 g/mol. The first-order valence-electron chi connectivity index (χ1n) is 6.77. The van der Waals surface area contributed by atoms with Gasteiger partial charge < -0.3 is 20.1 Å². The molecule has 0 atom stereocenters. The van der Waals surface area contributed by atoms with Crippen LogP contribution in [0, 0.1) is 5.92 Å². The van der Waals surface area contributed by atoms with E-state index in [-0.39, 0.29) is 5.91 Å². The van der Waals surface area contributed by atoms with Crippen LogP contribution in [0.3, 0.4) is 0 Å². The van der Waals surface area contributed by atoms with Gasteiger partial charge in [0.1, 0.15) is 0 Å². The summed E-state index contributed by atoms with van der Waals surface area (Å²) >= 11 is 4.78. The Bertz CT molecular complexity index is 294. The van der Waals surface area contributed by atoms with Crippen molar-refractivity contribution >= 4 is 23.1 Å². The molecule has 19 heavy (non-hydrogen) atoms. The lowest BCUT2D eigenvalue weighted by Crippen LogP contribution is -2.31. The summed E-state index contributed by atoms with van der Waals surface area (Å²) in [7, 11) is 1.76. The summed E-state index contributed by atoms with van der Waals surface area (Å²) in [6, 6.07) is 0. The molecule has 0 aliphatic carbocycles. The lowest BCUT2D eigenvalue weighted by Gasteiger charge is -2.22. The molecule has 5 nitrogen and oxygen atoms in total. The fourth-order valence-electron chi connectivity index (χ4n) is 1.92. The van der Waals surface area contributed by atoms with Gasteiger partial charge >= 0.3 is 0 Å². The first-order valence-corrected chi connectivity index (χ1v) is 7.18. The van der Waals surface area contributed by atoms with E-state index < -0.39 is 0 Å². The standard InChI is InChI=1S/C13H24N2O3S/c1-15(6-2-12(14)19)13(16)5-9-18-10-11-3-7-17-8-4-11/h11H,2-10H2,1H3,(H2,14,19). The van der Waals surface area contributed by atoms with Crippen LogP contribution in [0.4, 0.5) is 0 Å². The maximum atomic E-state index is 11.7. The van der Waals surface area contributed by atoms with Gasteiger partial charge in [-0.05, 0) is 18.8 Å². The average Bonchev–Trinajstić information content (AvgIpc) is 2.41. The molecule has 1 heterocycles. The van der Waals surface area contributed by atoms with E-state index in [0.717, 1.165) is 32.7 Å². The highest BCUT2D eigenvalue weighted by molar-refractivity contribution is 7.80. The predicted molar refractivity (Wildman–Crippen MR) is 78.0 cm³/mol. The number of rotatable bonds is 8. The van der Waals surface area contributed by atoms with E-state index in [4.69, 9.17) is 27.4 Å². The van der Waals surface area contributed by atoms with Gasteiger partial charge in [-0.15, -0.1) is 0 Å². The molecule has 0 aromatic heterocycles. The second-order valence-electron chi connectivity index (χ2n) is 4.91. The Kier molecular flexibility index (Phi) is 7.93. The van der Waals surface area contributed by atoms with E-state index in [0.29, 0.717) is 36.9 Å². The molecular formula is C13H24N2O3S. The minimum Gasteiger partial charge on any atom is -0.393 e. The van der Waals surface area contributed by atoms with Gasteiger partial charge in [-0.2, -0.15) is 0 Å². The van der Waals surface area contributed by atoms with Crippen molar-refractivity contribution in [2.45, 2.75) is 25.7 Å². The minimum atomic E-state index is 0.0724. The van der Waals surface area contributed by atoms with Crippen LogP contribution >= 0.6 is 12.2 Å². The van der Waals surface area contributed by atoms with Crippen LogP contribution in [0.1, 0.15) is 25.7 Å². The zero-order valence-electron chi connectivity index (χ0n) is 11.6. The maximum absolute atomic E-state index is 11.7. The van der Waals surface area contributed by atoms with Crippen LogP contribution in [-0.2, 0) is 14.3 Å². The Morgan fingerprint density at radius 3 is 2.74 bits per heavy atom. The second-order valence-corrected chi connectivity index (χ2v) is 5.44. The molecule has 1 amide bonds. The van der Waals surface area contributed by atoms with Gasteiger partial charge in [0, 0.05) is 39.8 Å². The lowest BCUT2D eigenvalue weighted by atomic mass is 10.0. The van der Waals surface area contributed by atoms with Crippen molar-refractivity contribution in [3.8, 4) is 0 Å². The highest BCUT2D eigenvalue weighted by Gasteiger charge is 2.14. The smallest absolute Gasteiger partial charge is 0.224 e. The van der Waals surface area contributed by atoms with Crippen LogP contribution < -0.4 is 5.73 Å². The van der Waals surface area contributed by atoms with Gasteiger partial charge in [-0.1, -0.05) is 12.2 Å². The number of hydrogen-bond donors (Lipinski definition) is 1. The molecule has 1 aliphatic heterocycles. The molecule has 0 aromatic rings. The summed E-state index contributed by atoms with van der Waals surface area (Å²) in [6.45, 7) is 3.44. The fraction of sp³-hybridized carbons (Fsp3) is 0.846. The number of thiocarbonyl (C=S) groups is 1. The molecule has 2 N–H and O–H groups in total. The molecule has 6 heteroatoms. The van der Waals surface area contributed by atoms with Crippen LogP contribution in [0.25, 0.3) is 0 Å². The van der Waals surface area contributed by atoms with E-state index >= 15 is 0 Å². The predicted octanol–water partition coefficient (Wildman–Crippen LogP) is 0.954. The van der Waals surface area contributed by atoms with Crippen molar-refractivity contribution in [1.29, 1.82) is 0 Å². The SMILES string of the molecule is CN(CCC(N)=S)C(=O)CCOCC1CCOCC1. The quantitative estimate of drug-likeness (QED) is 0.532. The third kappa shape index (κ3) is 7.44. The molecular weight excluding hydrogens is 264 g/mol. The zero-order valence-corrected chi connectivity index (χ0v) is 12.4. The Balaban J connectivity index is 2.04.